The van der Waals surface area contributed by atoms with Gasteiger partial charge in [-0.1, -0.05) is 24.3 Å². The van der Waals surface area contributed by atoms with E-state index in [1.54, 1.807) is 16.0 Å². The van der Waals surface area contributed by atoms with Crippen molar-refractivity contribution in [2.45, 2.75) is 44.7 Å². The normalized spacial score (nSPS) is 21.9. The highest BCUT2D eigenvalue weighted by atomic mass is 16.5. The average Bonchev–Trinajstić information content (AvgIpc) is 2.67. The number of fused-ring (bicyclic) bond motifs is 1. The summed E-state index contributed by atoms with van der Waals surface area (Å²) in [5.41, 5.74) is 1.95. The maximum Gasteiger partial charge on any atom is 0.328 e. The third-order valence-electron chi connectivity index (χ3n) is 5.13. The van der Waals surface area contributed by atoms with E-state index in [4.69, 9.17) is 4.74 Å². The standard InChI is InChI=1S/C20H24N2O4/c1-14(23)21-12-10-15-7-3-4-8-16(15)18(21)13-19(24)22-11-6-5-9-17(22)20(25)26-2/h3-4,7-8,10,12,17-18H,5-6,9,11,13H2,1-2H3. The molecule has 138 valence electrons. The van der Waals surface area contributed by atoms with Crippen LogP contribution in [0.3, 0.4) is 0 Å². The maximum absolute atomic E-state index is 13.0. The lowest BCUT2D eigenvalue weighted by molar-refractivity contribution is -0.155. The molecular formula is C20H24N2O4. The first-order valence-corrected chi connectivity index (χ1v) is 8.96. The first-order chi connectivity index (χ1) is 12.5. The fraction of sp³-hybridized carbons (Fsp3) is 0.450. The van der Waals surface area contributed by atoms with Crippen molar-refractivity contribution in [1.29, 1.82) is 0 Å². The van der Waals surface area contributed by atoms with Crippen LogP contribution in [0, 0.1) is 0 Å². The van der Waals surface area contributed by atoms with Gasteiger partial charge in [0.15, 0.2) is 0 Å². The zero-order chi connectivity index (χ0) is 18.7. The van der Waals surface area contributed by atoms with E-state index in [-0.39, 0.29) is 30.2 Å². The molecule has 2 aliphatic heterocycles. The molecule has 26 heavy (non-hydrogen) atoms. The van der Waals surface area contributed by atoms with Crippen molar-refractivity contribution in [3.05, 3.63) is 41.6 Å². The zero-order valence-corrected chi connectivity index (χ0v) is 15.2. The highest BCUT2D eigenvalue weighted by Crippen LogP contribution is 2.34. The van der Waals surface area contributed by atoms with E-state index in [9.17, 15) is 14.4 Å². The molecule has 2 atom stereocenters. The van der Waals surface area contributed by atoms with Crippen molar-refractivity contribution in [2.24, 2.45) is 0 Å². The number of carbonyl (C=O) groups excluding carboxylic acids is 3. The Bertz CT molecular complexity index is 743. The fourth-order valence-electron chi connectivity index (χ4n) is 3.81. The number of carbonyl (C=O) groups is 3. The van der Waals surface area contributed by atoms with E-state index in [2.05, 4.69) is 0 Å². The lowest BCUT2D eigenvalue weighted by atomic mass is 9.92. The summed E-state index contributed by atoms with van der Waals surface area (Å²) in [6.07, 6.45) is 6.16. The predicted molar refractivity (Wildman–Crippen MR) is 96.7 cm³/mol. The molecule has 1 saturated heterocycles. The molecule has 2 amide bonds. The second-order valence-electron chi connectivity index (χ2n) is 6.71. The van der Waals surface area contributed by atoms with Crippen LogP contribution in [-0.4, -0.2) is 47.3 Å². The molecule has 3 rings (SSSR count). The van der Waals surface area contributed by atoms with E-state index < -0.39 is 6.04 Å². The predicted octanol–water partition coefficient (Wildman–Crippen LogP) is 2.50. The van der Waals surface area contributed by atoms with Crippen molar-refractivity contribution in [1.82, 2.24) is 9.80 Å². The Labute approximate surface area is 153 Å². The Hall–Kier alpha value is -2.63. The van der Waals surface area contributed by atoms with Gasteiger partial charge >= 0.3 is 5.97 Å². The summed E-state index contributed by atoms with van der Waals surface area (Å²) in [6, 6.07) is 6.87. The van der Waals surface area contributed by atoms with Gasteiger partial charge in [-0.05, 0) is 36.5 Å². The van der Waals surface area contributed by atoms with Crippen LogP contribution in [0.2, 0.25) is 0 Å². The van der Waals surface area contributed by atoms with E-state index in [0.29, 0.717) is 13.0 Å². The number of methoxy groups -OCH3 is 1. The summed E-state index contributed by atoms with van der Waals surface area (Å²) < 4.78 is 4.87. The minimum atomic E-state index is -0.526. The van der Waals surface area contributed by atoms with Crippen LogP contribution < -0.4 is 0 Å². The number of likely N-dealkylation sites (tertiary alicyclic amines) is 1. The molecule has 0 saturated carbocycles. The Morgan fingerprint density at radius 3 is 2.69 bits per heavy atom. The quantitative estimate of drug-likeness (QED) is 0.781. The lowest BCUT2D eigenvalue weighted by Crippen LogP contribution is -2.49. The highest BCUT2D eigenvalue weighted by molar-refractivity contribution is 5.86. The smallest absolute Gasteiger partial charge is 0.328 e. The molecule has 0 N–H and O–H groups in total. The monoisotopic (exact) mass is 356 g/mol. The molecule has 1 fully saturated rings. The molecule has 2 heterocycles. The molecule has 1 aromatic carbocycles. The second-order valence-corrected chi connectivity index (χ2v) is 6.71. The van der Waals surface area contributed by atoms with Gasteiger partial charge in [0, 0.05) is 19.7 Å². The summed E-state index contributed by atoms with van der Waals surface area (Å²) in [7, 11) is 1.35. The molecule has 0 radical (unpaired) electrons. The third-order valence-corrected chi connectivity index (χ3v) is 5.13. The Kier molecular flexibility index (Phi) is 5.40. The highest BCUT2D eigenvalue weighted by Gasteiger charge is 2.36. The van der Waals surface area contributed by atoms with Crippen molar-refractivity contribution in [2.75, 3.05) is 13.7 Å². The molecule has 0 aromatic heterocycles. The number of rotatable bonds is 3. The van der Waals surface area contributed by atoms with Crippen molar-refractivity contribution in [3.63, 3.8) is 0 Å². The van der Waals surface area contributed by atoms with E-state index >= 15 is 0 Å². The van der Waals surface area contributed by atoms with Gasteiger partial charge in [-0.15, -0.1) is 0 Å². The van der Waals surface area contributed by atoms with Gasteiger partial charge in [-0.2, -0.15) is 0 Å². The number of benzene rings is 1. The summed E-state index contributed by atoms with van der Waals surface area (Å²) in [5, 5.41) is 0. The van der Waals surface area contributed by atoms with Gasteiger partial charge < -0.3 is 14.5 Å². The van der Waals surface area contributed by atoms with Crippen LogP contribution in [0.1, 0.15) is 49.8 Å². The minimum Gasteiger partial charge on any atom is -0.467 e. The van der Waals surface area contributed by atoms with E-state index in [1.807, 2.05) is 30.3 Å². The largest absolute Gasteiger partial charge is 0.467 e. The molecule has 0 spiro atoms. The Morgan fingerprint density at radius 1 is 1.19 bits per heavy atom. The van der Waals surface area contributed by atoms with Crippen LogP contribution >= 0.6 is 0 Å². The van der Waals surface area contributed by atoms with Gasteiger partial charge in [0.1, 0.15) is 6.04 Å². The van der Waals surface area contributed by atoms with Crippen LogP contribution in [0.5, 0.6) is 0 Å². The SMILES string of the molecule is COC(=O)C1CCCCN1C(=O)CC1c2ccccc2C=CN1C(C)=O. The molecule has 0 aliphatic carbocycles. The number of amides is 2. The Morgan fingerprint density at radius 2 is 1.96 bits per heavy atom. The Balaban J connectivity index is 1.85. The van der Waals surface area contributed by atoms with Crippen LogP contribution in [0.25, 0.3) is 6.08 Å². The first-order valence-electron chi connectivity index (χ1n) is 8.96. The minimum absolute atomic E-state index is 0.114. The van der Waals surface area contributed by atoms with Crippen molar-refractivity contribution < 1.29 is 19.1 Å². The van der Waals surface area contributed by atoms with E-state index in [0.717, 1.165) is 24.0 Å². The fourth-order valence-corrected chi connectivity index (χ4v) is 3.81. The topological polar surface area (TPSA) is 66.9 Å². The van der Waals surface area contributed by atoms with Gasteiger partial charge in [0.05, 0.1) is 19.6 Å². The maximum atomic E-state index is 13.0. The number of esters is 1. The summed E-state index contributed by atoms with van der Waals surface area (Å²) >= 11 is 0. The summed E-state index contributed by atoms with van der Waals surface area (Å²) in [6.45, 7) is 2.04. The molecule has 6 heteroatoms. The summed E-state index contributed by atoms with van der Waals surface area (Å²) in [4.78, 5) is 40.4. The number of nitrogens with zero attached hydrogens (tertiary/aromatic N) is 2. The number of ether oxygens (including phenoxy) is 1. The molecule has 2 unspecified atom stereocenters. The van der Waals surface area contributed by atoms with Gasteiger partial charge in [0.25, 0.3) is 0 Å². The van der Waals surface area contributed by atoms with Gasteiger partial charge in [-0.3, -0.25) is 9.59 Å². The average molecular weight is 356 g/mol. The summed E-state index contributed by atoms with van der Waals surface area (Å²) in [5.74, 6) is -0.608. The third kappa shape index (κ3) is 3.49. The van der Waals surface area contributed by atoms with Crippen molar-refractivity contribution >= 4 is 23.9 Å². The van der Waals surface area contributed by atoms with Gasteiger partial charge in [-0.25, -0.2) is 4.79 Å². The van der Waals surface area contributed by atoms with Gasteiger partial charge in [0.2, 0.25) is 11.8 Å². The molecular weight excluding hydrogens is 332 g/mol. The number of piperidine rings is 1. The van der Waals surface area contributed by atoms with Crippen LogP contribution in [-0.2, 0) is 19.1 Å². The van der Waals surface area contributed by atoms with Crippen molar-refractivity contribution in [3.8, 4) is 0 Å². The molecule has 2 aliphatic rings. The second kappa shape index (κ2) is 7.72. The molecule has 1 aromatic rings. The first kappa shape index (κ1) is 18.2. The van der Waals surface area contributed by atoms with E-state index in [1.165, 1.54) is 14.0 Å². The van der Waals surface area contributed by atoms with Crippen LogP contribution in [0.15, 0.2) is 30.5 Å². The number of hydrogen-bond acceptors (Lipinski definition) is 4. The lowest BCUT2D eigenvalue weighted by Gasteiger charge is -2.37. The molecule has 6 nitrogen and oxygen atoms in total. The number of hydrogen-bond donors (Lipinski definition) is 0. The molecule has 0 bridgehead atoms. The zero-order valence-electron chi connectivity index (χ0n) is 15.2. The van der Waals surface area contributed by atoms with Crippen LogP contribution in [0.4, 0.5) is 0 Å².